The summed E-state index contributed by atoms with van der Waals surface area (Å²) in [5, 5.41) is 3.20. The van der Waals surface area contributed by atoms with Gasteiger partial charge in [-0.15, -0.1) is 0 Å². The molecule has 1 aromatic rings. The van der Waals surface area contributed by atoms with Crippen molar-refractivity contribution in [1.29, 1.82) is 0 Å². The Morgan fingerprint density at radius 1 is 1.33 bits per heavy atom. The molecule has 0 saturated carbocycles. The summed E-state index contributed by atoms with van der Waals surface area (Å²) in [5.74, 6) is 1.32. The minimum absolute atomic E-state index is 0.174. The number of piperidine rings is 1. The van der Waals surface area contributed by atoms with Crippen LogP contribution in [0.2, 0.25) is 0 Å². The Hall–Kier alpha value is -1.63. The molecule has 0 amide bonds. The van der Waals surface area contributed by atoms with Crippen molar-refractivity contribution in [2.75, 3.05) is 44.8 Å². The second kappa shape index (κ2) is 5.81. The van der Waals surface area contributed by atoms with Gasteiger partial charge in [-0.05, 0) is 38.9 Å². The van der Waals surface area contributed by atoms with Crippen LogP contribution in [0.1, 0.15) is 12.8 Å². The maximum absolute atomic E-state index is 5.57. The molecule has 2 heterocycles. The topological polar surface area (TPSA) is 89.2 Å². The highest BCUT2D eigenvalue weighted by atomic mass is 16.5. The van der Waals surface area contributed by atoms with Crippen LogP contribution in [0.3, 0.4) is 0 Å². The summed E-state index contributed by atoms with van der Waals surface area (Å²) in [5.41, 5.74) is 5.57. The predicted molar refractivity (Wildman–Crippen MR) is 69.5 cm³/mol. The first-order chi connectivity index (χ1) is 8.67. The fraction of sp³-hybridized carbons (Fsp3) is 0.727. The number of hydrogen-bond donors (Lipinski definition) is 2. The van der Waals surface area contributed by atoms with E-state index < -0.39 is 0 Å². The highest BCUT2D eigenvalue weighted by Gasteiger charge is 2.16. The highest BCUT2D eigenvalue weighted by molar-refractivity contribution is 5.32. The number of hydrogen-bond acceptors (Lipinski definition) is 7. The van der Waals surface area contributed by atoms with E-state index in [9.17, 15) is 0 Å². The average Bonchev–Trinajstić information content (AvgIpc) is 2.37. The molecule has 0 atom stereocenters. The lowest BCUT2D eigenvalue weighted by Crippen LogP contribution is -2.33. The van der Waals surface area contributed by atoms with Gasteiger partial charge in [0.2, 0.25) is 11.9 Å². The Kier molecular flexibility index (Phi) is 4.14. The Bertz CT molecular complexity index is 391. The summed E-state index contributed by atoms with van der Waals surface area (Å²) in [6.07, 6.45) is 2.39. The van der Waals surface area contributed by atoms with Gasteiger partial charge in [-0.2, -0.15) is 15.0 Å². The van der Waals surface area contributed by atoms with Crippen LogP contribution in [0.5, 0.6) is 6.01 Å². The largest absolute Gasteiger partial charge is 0.467 e. The lowest BCUT2D eigenvalue weighted by Gasteiger charge is -2.28. The van der Waals surface area contributed by atoms with E-state index in [1.54, 1.807) is 0 Å². The van der Waals surface area contributed by atoms with Crippen molar-refractivity contribution in [1.82, 2.24) is 19.9 Å². The lowest BCUT2D eigenvalue weighted by molar-refractivity contribution is 0.226. The SMILES string of the molecule is COc1nc(N)nc(NCC2CCN(C)CC2)n1. The Morgan fingerprint density at radius 2 is 2.06 bits per heavy atom. The minimum atomic E-state index is 0.174. The molecular formula is C11H20N6O. The number of nitrogens with zero attached hydrogens (tertiary/aromatic N) is 4. The number of methoxy groups -OCH3 is 1. The monoisotopic (exact) mass is 252 g/mol. The number of nitrogens with one attached hydrogen (secondary N) is 1. The summed E-state index contributed by atoms with van der Waals surface area (Å²) < 4.78 is 4.95. The number of anilines is 2. The predicted octanol–water partition coefficient (Wildman–Crippen LogP) is 0.216. The molecule has 7 heteroatoms. The normalized spacial score (nSPS) is 17.7. The van der Waals surface area contributed by atoms with Crippen molar-refractivity contribution in [3.05, 3.63) is 0 Å². The quantitative estimate of drug-likeness (QED) is 0.792. The summed E-state index contributed by atoms with van der Waals surface area (Å²) >= 11 is 0. The van der Waals surface area contributed by atoms with Crippen LogP contribution in [0.4, 0.5) is 11.9 Å². The van der Waals surface area contributed by atoms with Crippen LogP contribution in [0.15, 0.2) is 0 Å². The molecule has 0 unspecified atom stereocenters. The van der Waals surface area contributed by atoms with Gasteiger partial charge in [-0.3, -0.25) is 0 Å². The first-order valence-corrected chi connectivity index (χ1v) is 6.15. The molecule has 1 aromatic heterocycles. The van der Waals surface area contributed by atoms with E-state index in [2.05, 4.69) is 32.2 Å². The molecule has 1 fully saturated rings. The summed E-state index contributed by atoms with van der Waals surface area (Å²) in [7, 11) is 3.66. The third kappa shape index (κ3) is 3.43. The Morgan fingerprint density at radius 3 is 2.72 bits per heavy atom. The zero-order valence-corrected chi connectivity index (χ0v) is 10.9. The Labute approximate surface area is 107 Å². The van der Waals surface area contributed by atoms with Crippen LogP contribution >= 0.6 is 0 Å². The molecule has 7 nitrogen and oxygen atoms in total. The number of rotatable bonds is 4. The average molecular weight is 252 g/mol. The first-order valence-electron chi connectivity index (χ1n) is 6.15. The van der Waals surface area contributed by atoms with Gasteiger partial charge in [0.05, 0.1) is 7.11 Å². The van der Waals surface area contributed by atoms with Crippen LogP contribution in [-0.4, -0.2) is 53.6 Å². The standard InChI is InChI=1S/C11H20N6O/c1-17-5-3-8(4-6-17)7-13-10-14-9(12)15-11(16-10)18-2/h8H,3-7H2,1-2H3,(H3,12,13,14,15,16). The van der Waals surface area contributed by atoms with Gasteiger partial charge in [0.25, 0.3) is 0 Å². The zero-order valence-electron chi connectivity index (χ0n) is 10.9. The van der Waals surface area contributed by atoms with Crippen LogP contribution in [0.25, 0.3) is 0 Å². The molecule has 0 spiro atoms. The Balaban J connectivity index is 1.88. The number of aromatic nitrogens is 3. The molecular weight excluding hydrogens is 232 g/mol. The zero-order chi connectivity index (χ0) is 13.0. The maximum atomic E-state index is 5.57. The van der Waals surface area contributed by atoms with E-state index >= 15 is 0 Å². The van der Waals surface area contributed by atoms with Gasteiger partial charge < -0.3 is 20.7 Å². The molecule has 0 radical (unpaired) electrons. The molecule has 0 aliphatic carbocycles. The van der Waals surface area contributed by atoms with E-state index in [1.807, 2.05) is 0 Å². The van der Waals surface area contributed by atoms with Crippen molar-refractivity contribution in [2.24, 2.45) is 5.92 Å². The van der Waals surface area contributed by atoms with Gasteiger partial charge in [0, 0.05) is 6.54 Å². The van der Waals surface area contributed by atoms with Crippen molar-refractivity contribution in [3.8, 4) is 6.01 Å². The number of ether oxygens (including phenoxy) is 1. The van der Waals surface area contributed by atoms with Gasteiger partial charge in [-0.1, -0.05) is 0 Å². The van der Waals surface area contributed by atoms with Crippen molar-refractivity contribution in [2.45, 2.75) is 12.8 Å². The second-order valence-corrected chi connectivity index (χ2v) is 4.63. The molecule has 0 bridgehead atoms. The molecule has 0 aromatic carbocycles. The number of nitrogens with two attached hydrogens (primary N) is 1. The van der Waals surface area contributed by atoms with Crippen molar-refractivity contribution in [3.63, 3.8) is 0 Å². The second-order valence-electron chi connectivity index (χ2n) is 4.63. The summed E-state index contributed by atoms with van der Waals surface area (Å²) in [4.78, 5) is 14.3. The minimum Gasteiger partial charge on any atom is -0.467 e. The van der Waals surface area contributed by atoms with E-state index in [1.165, 1.54) is 20.0 Å². The van der Waals surface area contributed by atoms with E-state index in [-0.39, 0.29) is 12.0 Å². The third-order valence-corrected chi connectivity index (χ3v) is 3.20. The van der Waals surface area contributed by atoms with Crippen molar-refractivity contribution < 1.29 is 4.74 Å². The third-order valence-electron chi connectivity index (χ3n) is 3.20. The fourth-order valence-corrected chi connectivity index (χ4v) is 2.04. The fourth-order valence-electron chi connectivity index (χ4n) is 2.04. The highest BCUT2D eigenvalue weighted by Crippen LogP contribution is 2.16. The van der Waals surface area contributed by atoms with E-state index in [0.717, 1.165) is 19.6 Å². The molecule has 2 rings (SSSR count). The molecule has 3 N–H and O–H groups in total. The van der Waals surface area contributed by atoms with Gasteiger partial charge in [0.15, 0.2) is 0 Å². The van der Waals surface area contributed by atoms with E-state index in [0.29, 0.717) is 11.9 Å². The van der Waals surface area contributed by atoms with Crippen molar-refractivity contribution >= 4 is 11.9 Å². The number of likely N-dealkylation sites (tertiary alicyclic amines) is 1. The molecule has 100 valence electrons. The van der Waals surface area contributed by atoms with Crippen LogP contribution < -0.4 is 15.8 Å². The van der Waals surface area contributed by atoms with Gasteiger partial charge >= 0.3 is 6.01 Å². The molecule has 18 heavy (non-hydrogen) atoms. The van der Waals surface area contributed by atoms with E-state index in [4.69, 9.17) is 10.5 Å². The number of nitrogen functional groups attached to an aromatic ring is 1. The molecule has 1 aliphatic rings. The summed E-state index contributed by atoms with van der Waals surface area (Å²) in [6, 6.07) is 0.244. The maximum Gasteiger partial charge on any atom is 0.322 e. The van der Waals surface area contributed by atoms with Crippen LogP contribution in [-0.2, 0) is 0 Å². The summed E-state index contributed by atoms with van der Waals surface area (Å²) in [6.45, 7) is 3.16. The first kappa shape index (κ1) is 12.8. The van der Waals surface area contributed by atoms with Crippen LogP contribution in [0, 0.1) is 5.92 Å². The molecule has 1 saturated heterocycles. The smallest absolute Gasteiger partial charge is 0.322 e. The molecule has 1 aliphatic heterocycles. The van der Waals surface area contributed by atoms with Gasteiger partial charge in [-0.25, -0.2) is 0 Å². The van der Waals surface area contributed by atoms with Gasteiger partial charge in [0.1, 0.15) is 0 Å². The lowest BCUT2D eigenvalue weighted by atomic mass is 9.97.